The number of nitrogens with zero attached hydrogens (tertiary/aromatic N) is 1. The Kier molecular flexibility index (Phi) is 4.10. The Morgan fingerprint density at radius 1 is 1.47 bits per heavy atom. The van der Waals surface area contributed by atoms with Crippen molar-refractivity contribution >= 4 is 27.3 Å². The van der Waals surface area contributed by atoms with Gasteiger partial charge >= 0.3 is 0 Å². The van der Waals surface area contributed by atoms with E-state index in [9.17, 15) is 18.8 Å². The van der Waals surface area contributed by atoms with Gasteiger partial charge in [0.15, 0.2) is 5.69 Å². The van der Waals surface area contributed by atoms with Gasteiger partial charge in [-0.25, -0.2) is 18.8 Å². The standard InChI is InChI=1S/C8H12ClN3O4S/c9-6-1-2-8(17(11,15)16)7(5-6)12(13,14)4-3-10/h1-2,5,13H,3-4,10H2,(H2,11,15,16). The highest BCUT2D eigenvalue weighted by molar-refractivity contribution is 7.89. The molecule has 1 rings (SSSR count). The van der Waals surface area contributed by atoms with Crippen LogP contribution in [0.4, 0.5) is 5.69 Å². The molecule has 1 atom stereocenters. The van der Waals surface area contributed by atoms with Crippen molar-refractivity contribution in [3.8, 4) is 0 Å². The van der Waals surface area contributed by atoms with E-state index in [0.29, 0.717) is 0 Å². The lowest BCUT2D eigenvalue weighted by atomic mass is 10.3. The van der Waals surface area contributed by atoms with Gasteiger partial charge in [0.25, 0.3) is 0 Å². The average Bonchev–Trinajstić information content (AvgIpc) is 2.15. The number of benzene rings is 1. The second-order valence-electron chi connectivity index (χ2n) is 3.37. The Morgan fingerprint density at radius 2 is 2.06 bits per heavy atom. The van der Waals surface area contributed by atoms with Gasteiger partial charge in [-0.3, -0.25) is 0 Å². The highest BCUT2D eigenvalue weighted by atomic mass is 35.5. The van der Waals surface area contributed by atoms with E-state index < -0.39 is 32.0 Å². The molecule has 96 valence electrons. The second-order valence-corrected chi connectivity index (χ2v) is 5.34. The number of halogens is 1. The molecule has 17 heavy (non-hydrogen) atoms. The summed E-state index contributed by atoms with van der Waals surface area (Å²) in [6, 6.07) is 3.36. The smallest absolute Gasteiger partial charge is 0.244 e. The Bertz CT molecular complexity index is 518. The first-order chi connectivity index (χ1) is 7.68. The summed E-state index contributed by atoms with van der Waals surface area (Å²) in [5.74, 6) is 0. The number of sulfonamides is 1. The van der Waals surface area contributed by atoms with Crippen LogP contribution in [0.3, 0.4) is 0 Å². The molecule has 9 heteroatoms. The molecule has 0 saturated heterocycles. The molecular weight excluding hydrogens is 270 g/mol. The molecule has 0 aliphatic carbocycles. The molecule has 0 aromatic heterocycles. The lowest BCUT2D eigenvalue weighted by Gasteiger charge is -2.33. The Morgan fingerprint density at radius 3 is 2.53 bits per heavy atom. The van der Waals surface area contributed by atoms with Gasteiger partial charge in [0, 0.05) is 17.6 Å². The summed E-state index contributed by atoms with van der Waals surface area (Å²) < 4.78 is 22.5. The summed E-state index contributed by atoms with van der Waals surface area (Å²) >= 11 is 5.65. The third-order valence-corrected chi connectivity index (χ3v) is 3.23. The Hall–Kier alpha value is -0.740. The number of quaternary nitrogens is 1. The van der Waals surface area contributed by atoms with Crippen molar-refractivity contribution in [2.75, 3.05) is 13.1 Å². The van der Waals surface area contributed by atoms with Gasteiger partial charge in [0.05, 0.1) is 0 Å². The molecule has 1 unspecified atom stereocenters. The van der Waals surface area contributed by atoms with Crippen molar-refractivity contribution in [3.63, 3.8) is 0 Å². The van der Waals surface area contributed by atoms with Crippen molar-refractivity contribution in [2.45, 2.75) is 4.90 Å². The van der Waals surface area contributed by atoms with E-state index in [1.165, 1.54) is 6.07 Å². The van der Waals surface area contributed by atoms with Crippen molar-refractivity contribution in [3.05, 3.63) is 28.4 Å². The van der Waals surface area contributed by atoms with E-state index >= 15 is 0 Å². The predicted molar refractivity (Wildman–Crippen MR) is 63.7 cm³/mol. The minimum Gasteiger partial charge on any atom is -0.593 e. The first-order valence-corrected chi connectivity index (χ1v) is 6.46. The van der Waals surface area contributed by atoms with E-state index in [0.717, 1.165) is 12.1 Å². The van der Waals surface area contributed by atoms with Crippen molar-refractivity contribution in [1.82, 2.24) is 4.81 Å². The monoisotopic (exact) mass is 281 g/mol. The predicted octanol–water partition coefficient (Wildman–Crippen LogP) is 0.140. The van der Waals surface area contributed by atoms with E-state index in [-0.39, 0.29) is 11.6 Å². The summed E-state index contributed by atoms with van der Waals surface area (Å²) in [5, 5.41) is 26.4. The Labute approximate surface area is 103 Å². The Balaban J connectivity index is 3.45. The average molecular weight is 282 g/mol. The van der Waals surface area contributed by atoms with Gasteiger partial charge in [-0.05, 0) is 12.1 Å². The van der Waals surface area contributed by atoms with Gasteiger partial charge < -0.3 is 10.9 Å². The normalized spacial score (nSPS) is 15.6. The van der Waals surface area contributed by atoms with Crippen LogP contribution in [0.15, 0.2) is 23.1 Å². The molecule has 0 bridgehead atoms. The zero-order valence-corrected chi connectivity index (χ0v) is 10.3. The maximum atomic E-state index is 11.8. The van der Waals surface area contributed by atoms with Crippen LogP contribution in [0.1, 0.15) is 0 Å². The summed E-state index contributed by atoms with van der Waals surface area (Å²) in [6.45, 7) is -0.542. The lowest BCUT2D eigenvalue weighted by molar-refractivity contribution is -0.0305. The maximum Gasteiger partial charge on any atom is 0.244 e. The summed E-state index contributed by atoms with van der Waals surface area (Å²) in [5.41, 5.74) is 4.71. The largest absolute Gasteiger partial charge is 0.593 e. The third kappa shape index (κ3) is 3.36. The SMILES string of the molecule is NCC[N+]([O-])(O)c1cc(Cl)ccc1S(N)(=O)=O. The van der Waals surface area contributed by atoms with E-state index in [1.807, 2.05) is 0 Å². The number of rotatable bonds is 4. The molecule has 0 heterocycles. The van der Waals surface area contributed by atoms with E-state index in [1.54, 1.807) is 0 Å². The summed E-state index contributed by atoms with van der Waals surface area (Å²) in [6.07, 6.45) is 0. The van der Waals surface area contributed by atoms with Crippen LogP contribution in [0, 0.1) is 5.21 Å². The van der Waals surface area contributed by atoms with Crippen LogP contribution < -0.4 is 15.7 Å². The third-order valence-electron chi connectivity index (χ3n) is 2.04. The summed E-state index contributed by atoms with van der Waals surface area (Å²) in [4.78, 5) is -2.42. The van der Waals surface area contributed by atoms with Gasteiger partial charge in [-0.1, -0.05) is 11.6 Å². The minimum atomic E-state index is -4.13. The molecule has 0 radical (unpaired) electrons. The fourth-order valence-electron chi connectivity index (χ4n) is 1.30. The molecule has 1 aromatic carbocycles. The molecule has 0 spiro atoms. The quantitative estimate of drug-likeness (QED) is 0.534. The summed E-state index contributed by atoms with van der Waals surface area (Å²) in [7, 11) is -4.13. The van der Waals surface area contributed by atoms with Crippen LogP contribution >= 0.6 is 11.6 Å². The zero-order chi connectivity index (χ0) is 13.3. The molecule has 0 saturated carbocycles. The van der Waals surface area contributed by atoms with Gasteiger partial charge in [-0.2, -0.15) is 4.81 Å². The molecule has 0 aliphatic rings. The van der Waals surface area contributed by atoms with Crippen LogP contribution in [0.25, 0.3) is 0 Å². The molecule has 0 amide bonds. The molecule has 1 aromatic rings. The van der Waals surface area contributed by atoms with Crippen molar-refractivity contribution < 1.29 is 13.6 Å². The second kappa shape index (κ2) is 4.86. The van der Waals surface area contributed by atoms with Gasteiger partial charge in [0.1, 0.15) is 11.4 Å². The topological polar surface area (TPSA) is 129 Å². The highest BCUT2D eigenvalue weighted by Crippen LogP contribution is 2.30. The van der Waals surface area contributed by atoms with E-state index in [4.69, 9.17) is 22.5 Å². The molecular formula is C8H12ClN3O4S. The molecule has 5 N–H and O–H groups in total. The molecule has 0 aliphatic heterocycles. The first-order valence-electron chi connectivity index (χ1n) is 4.53. The maximum absolute atomic E-state index is 11.8. The van der Waals surface area contributed by atoms with Crippen LogP contribution in [-0.2, 0) is 10.0 Å². The van der Waals surface area contributed by atoms with Gasteiger partial charge in [-0.15, -0.1) is 0 Å². The van der Waals surface area contributed by atoms with Crippen molar-refractivity contribution in [1.29, 1.82) is 0 Å². The fraction of sp³-hybridized carbons (Fsp3) is 0.250. The van der Waals surface area contributed by atoms with Crippen LogP contribution in [-0.4, -0.2) is 26.7 Å². The van der Waals surface area contributed by atoms with E-state index in [2.05, 4.69) is 0 Å². The number of hydroxylamine groups is 2. The minimum absolute atomic E-state index is 0.108. The number of hydrogen-bond donors (Lipinski definition) is 3. The number of hydrogen-bond acceptors (Lipinski definition) is 5. The highest BCUT2D eigenvalue weighted by Gasteiger charge is 2.27. The lowest BCUT2D eigenvalue weighted by Crippen LogP contribution is -2.44. The fourth-order valence-corrected chi connectivity index (χ4v) is 2.22. The van der Waals surface area contributed by atoms with Crippen LogP contribution in [0.5, 0.6) is 0 Å². The van der Waals surface area contributed by atoms with Gasteiger partial charge in [0.2, 0.25) is 10.0 Å². The first kappa shape index (κ1) is 14.3. The number of primary sulfonamides is 1. The van der Waals surface area contributed by atoms with Crippen LogP contribution in [0.2, 0.25) is 5.02 Å². The number of nitrogens with two attached hydrogens (primary N) is 2. The van der Waals surface area contributed by atoms with Crippen molar-refractivity contribution in [2.24, 2.45) is 10.9 Å². The molecule has 0 fully saturated rings. The zero-order valence-electron chi connectivity index (χ0n) is 8.71. The molecule has 7 nitrogen and oxygen atoms in total.